The van der Waals surface area contributed by atoms with Crippen molar-refractivity contribution in [3.05, 3.63) is 12.5 Å². The number of aromatic nitrogens is 4. The third-order valence-corrected chi connectivity index (χ3v) is 5.32. The number of piperidine rings is 1. The molecule has 22 heavy (non-hydrogen) atoms. The van der Waals surface area contributed by atoms with Crippen molar-refractivity contribution in [1.29, 1.82) is 0 Å². The van der Waals surface area contributed by atoms with Gasteiger partial charge in [-0.3, -0.25) is 0 Å². The van der Waals surface area contributed by atoms with Crippen molar-refractivity contribution >= 4 is 16.9 Å². The Morgan fingerprint density at radius 1 is 1.14 bits per heavy atom. The van der Waals surface area contributed by atoms with E-state index in [2.05, 4.69) is 20.0 Å². The number of anilines is 1. The monoisotopic (exact) mass is 301 g/mol. The molecule has 4 rings (SSSR count). The van der Waals surface area contributed by atoms with Crippen molar-refractivity contribution in [2.75, 3.05) is 24.6 Å². The maximum atomic E-state index is 9.13. The topological polar surface area (TPSA) is 67.1 Å². The molecule has 1 aliphatic carbocycles. The van der Waals surface area contributed by atoms with E-state index in [0.717, 1.165) is 41.8 Å². The van der Waals surface area contributed by atoms with Gasteiger partial charge in [0.25, 0.3) is 0 Å². The molecule has 1 saturated carbocycles. The standard InChI is InChI=1S/C16H23N5O/c22-8-7-21-16-14(9-19-21)15(17-11-18-16)20-6-5-12-3-1-2-4-13(12)10-20/h9,11-13,22H,1-8,10H2. The second-order valence-electron chi connectivity index (χ2n) is 6.57. The summed E-state index contributed by atoms with van der Waals surface area (Å²) in [5.41, 5.74) is 0.824. The second kappa shape index (κ2) is 5.83. The lowest BCUT2D eigenvalue weighted by atomic mass is 9.75. The van der Waals surface area contributed by atoms with Crippen LogP contribution in [0.1, 0.15) is 32.1 Å². The Balaban J connectivity index is 1.63. The normalized spacial score (nSPS) is 25.4. The summed E-state index contributed by atoms with van der Waals surface area (Å²) < 4.78 is 1.76. The van der Waals surface area contributed by atoms with Crippen LogP contribution >= 0.6 is 0 Å². The van der Waals surface area contributed by atoms with Gasteiger partial charge in [0, 0.05) is 13.1 Å². The van der Waals surface area contributed by atoms with Gasteiger partial charge in [-0.15, -0.1) is 0 Å². The average molecular weight is 301 g/mol. The molecule has 2 aromatic heterocycles. The van der Waals surface area contributed by atoms with E-state index in [4.69, 9.17) is 5.11 Å². The highest BCUT2D eigenvalue weighted by Gasteiger charge is 2.32. The predicted octanol–water partition coefficient (Wildman–Crippen LogP) is 1.84. The van der Waals surface area contributed by atoms with Crippen molar-refractivity contribution < 1.29 is 5.11 Å². The van der Waals surface area contributed by atoms with Gasteiger partial charge in [-0.1, -0.05) is 19.3 Å². The highest BCUT2D eigenvalue weighted by atomic mass is 16.3. The van der Waals surface area contributed by atoms with E-state index in [1.807, 2.05) is 6.20 Å². The van der Waals surface area contributed by atoms with Gasteiger partial charge in [0.2, 0.25) is 0 Å². The van der Waals surface area contributed by atoms with Crippen LogP contribution in [-0.4, -0.2) is 44.6 Å². The Kier molecular flexibility index (Phi) is 3.70. The molecule has 1 aliphatic heterocycles. The van der Waals surface area contributed by atoms with Gasteiger partial charge in [-0.25, -0.2) is 14.6 Å². The van der Waals surface area contributed by atoms with Crippen LogP contribution in [0.3, 0.4) is 0 Å². The molecule has 2 fully saturated rings. The Morgan fingerprint density at radius 2 is 2.00 bits per heavy atom. The predicted molar refractivity (Wildman–Crippen MR) is 84.7 cm³/mol. The Morgan fingerprint density at radius 3 is 2.86 bits per heavy atom. The summed E-state index contributed by atoms with van der Waals surface area (Å²) in [4.78, 5) is 11.3. The molecule has 0 spiro atoms. The summed E-state index contributed by atoms with van der Waals surface area (Å²) in [5.74, 6) is 2.75. The molecule has 2 aromatic rings. The summed E-state index contributed by atoms with van der Waals surface area (Å²) in [6, 6.07) is 0. The highest BCUT2D eigenvalue weighted by Crippen LogP contribution is 2.38. The van der Waals surface area contributed by atoms with Gasteiger partial charge < -0.3 is 10.0 Å². The zero-order valence-corrected chi connectivity index (χ0v) is 12.9. The molecule has 3 heterocycles. The Labute approximate surface area is 130 Å². The van der Waals surface area contributed by atoms with Crippen LogP contribution in [0.25, 0.3) is 11.0 Å². The van der Waals surface area contributed by atoms with Gasteiger partial charge >= 0.3 is 0 Å². The summed E-state index contributed by atoms with van der Waals surface area (Å²) >= 11 is 0. The molecule has 1 N–H and O–H groups in total. The molecular formula is C16H23N5O. The van der Waals surface area contributed by atoms with Crippen molar-refractivity contribution in [2.45, 2.75) is 38.6 Å². The molecular weight excluding hydrogens is 278 g/mol. The van der Waals surface area contributed by atoms with Crippen LogP contribution in [0.5, 0.6) is 0 Å². The van der Waals surface area contributed by atoms with Gasteiger partial charge in [-0.2, -0.15) is 5.10 Å². The molecule has 0 aromatic carbocycles. The lowest BCUT2D eigenvalue weighted by Gasteiger charge is -2.41. The minimum atomic E-state index is 0.0730. The quantitative estimate of drug-likeness (QED) is 0.937. The zero-order valence-electron chi connectivity index (χ0n) is 12.9. The highest BCUT2D eigenvalue weighted by molar-refractivity contribution is 5.86. The maximum absolute atomic E-state index is 9.13. The van der Waals surface area contributed by atoms with Crippen LogP contribution in [-0.2, 0) is 6.54 Å². The minimum Gasteiger partial charge on any atom is -0.394 e. The number of hydrogen-bond donors (Lipinski definition) is 1. The largest absolute Gasteiger partial charge is 0.394 e. The molecule has 0 bridgehead atoms. The fraction of sp³-hybridized carbons (Fsp3) is 0.688. The number of nitrogens with zero attached hydrogens (tertiary/aromatic N) is 5. The van der Waals surface area contributed by atoms with E-state index >= 15 is 0 Å². The van der Waals surface area contributed by atoms with Crippen molar-refractivity contribution in [3.63, 3.8) is 0 Å². The first kappa shape index (κ1) is 13.9. The molecule has 2 aliphatic rings. The van der Waals surface area contributed by atoms with Crippen LogP contribution in [0, 0.1) is 11.8 Å². The average Bonchev–Trinajstić information content (AvgIpc) is 2.98. The van der Waals surface area contributed by atoms with E-state index < -0.39 is 0 Å². The van der Waals surface area contributed by atoms with Gasteiger partial charge in [-0.05, 0) is 24.7 Å². The summed E-state index contributed by atoms with van der Waals surface area (Å²) in [7, 11) is 0. The zero-order chi connectivity index (χ0) is 14.9. The van der Waals surface area contributed by atoms with Crippen LogP contribution < -0.4 is 4.90 Å². The molecule has 6 nitrogen and oxygen atoms in total. The smallest absolute Gasteiger partial charge is 0.163 e. The number of aliphatic hydroxyl groups excluding tert-OH is 1. The fourth-order valence-electron chi connectivity index (χ4n) is 4.18. The van der Waals surface area contributed by atoms with Crippen molar-refractivity contribution in [3.8, 4) is 0 Å². The van der Waals surface area contributed by atoms with Crippen LogP contribution in [0.15, 0.2) is 12.5 Å². The summed E-state index contributed by atoms with van der Waals surface area (Å²) in [6.07, 6.45) is 10.3. The second-order valence-corrected chi connectivity index (χ2v) is 6.57. The molecule has 2 unspecified atom stereocenters. The number of hydrogen-bond acceptors (Lipinski definition) is 5. The fourth-order valence-corrected chi connectivity index (χ4v) is 4.18. The number of rotatable bonds is 3. The Bertz CT molecular complexity index is 655. The van der Waals surface area contributed by atoms with Crippen molar-refractivity contribution in [2.24, 2.45) is 11.8 Å². The first-order valence-electron chi connectivity index (χ1n) is 8.39. The van der Waals surface area contributed by atoms with Crippen LogP contribution in [0.4, 0.5) is 5.82 Å². The van der Waals surface area contributed by atoms with E-state index in [9.17, 15) is 0 Å². The lowest BCUT2D eigenvalue weighted by molar-refractivity contribution is 0.202. The minimum absolute atomic E-state index is 0.0730. The first-order chi connectivity index (χ1) is 10.9. The van der Waals surface area contributed by atoms with Gasteiger partial charge in [0.15, 0.2) is 5.65 Å². The third kappa shape index (κ3) is 2.35. The van der Waals surface area contributed by atoms with E-state index in [-0.39, 0.29) is 6.61 Å². The summed E-state index contributed by atoms with van der Waals surface area (Å²) in [6.45, 7) is 2.74. The van der Waals surface area contributed by atoms with E-state index in [1.165, 1.54) is 32.1 Å². The number of fused-ring (bicyclic) bond motifs is 2. The molecule has 0 radical (unpaired) electrons. The number of aliphatic hydroxyl groups is 1. The van der Waals surface area contributed by atoms with Gasteiger partial charge in [0.1, 0.15) is 12.1 Å². The van der Waals surface area contributed by atoms with E-state index in [1.54, 1.807) is 11.0 Å². The molecule has 2 atom stereocenters. The Hall–Kier alpha value is -1.69. The summed E-state index contributed by atoms with van der Waals surface area (Å²) in [5, 5.41) is 14.5. The molecule has 1 saturated heterocycles. The third-order valence-electron chi connectivity index (χ3n) is 5.32. The van der Waals surface area contributed by atoms with E-state index in [0.29, 0.717) is 6.54 Å². The SMILES string of the molecule is OCCn1ncc2c(N3CCC4CCCCC4C3)ncnc21. The molecule has 0 amide bonds. The molecule has 6 heteroatoms. The van der Waals surface area contributed by atoms with Gasteiger partial charge in [0.05, 0.1) is 24.7 Å². The van der Waals surface area contributed by atoms with Crippen LogP contribution in [0.2, 0.25) is 0 Å². The first-order valence-corrected chi connectivity index (χ1v) is 8.39. The molecule has 118 valence electrons. The lowest BCUT2D eigenvalue weighted by Crippen LogP contribution is -2.42. The maximum Gasteiger partial charge on any atom is 0.163 e. The van der Waals surface area contributed by atoms with Crippen molar-refractivity contribution in [1.82, 2.24) is 19.7 Å².